The van der Waals surface area contributed by atoms with Crippen LogP contribution in [-0.2, 0) is 0 Å². The lowest BCUT2D eigenvalue weighted by Crippen LogP contribution is -2.40. The van der Waals surface area contributed by atoms with Gasteiger partial charge in [-0.15, -0.1) is 0 Å². The zero-order valence-electron chi connectivity index (χ0n) is 15.5. The third kappa shape index (κ3) is 3.53. The molecule has 0 unspecified atom stereocenters. The van der Waals surface area contributed by atoms with E-state index in [9.17, 15) is 0 Å². The fraction of sp³-hybridized carbons (Fsp3) is 0.500. The van der Waals surface area contributed by atoms with Crippen LogP contribution in [0.4, 0.5) is 0 Å². The molecule has 25 heavy (non-hydrogen) atoms. The lowest BCUT2D eigenvalue weighted by Gasteiger charge is -2.35. The SMILES string of the molecule is CCCC[C@H]1C[C@@H](c2ccc(-c3ccccc3)cc2)[C@H]2CCCCN12. The first-order valence-electron chi connectivity index (χ1n) is 10.3. The fourth-order valence-corrected chi connectivity index (χ4v) is 5.09. The molecular formula is C24H31N. The molecule has 132 valence electrons. The van der Waals surface area contributed by atoms with Crippen LogP contribution in [-0.4, -0.2) is 23.5 Å². The third-order valence-corrected chi connectivity index (χ3v) is 6.39. The summed E-state index contributed by atoms with van der Waals surface area (Å²) >= 11 is 0. The summed E-state index contributed by atoms with van der Waals surface area (Å²) in [7, 11) is 0. The van der Waals surface area contributed by atoms with Crippen LogP contribution in [0, 0.1) is 0 Å². The van der Waals surface area contributed by atoms with Crippen molar-refractivity contribution in [2.75, 3.05) is 6.54 Å². The molecule has 2 saturated heterocycles. The highest BCUT2D eigenvalue weighted by atomic mass is 15.2. The Labute approximate surface area is 153 Å². The number of hydrogen-bond donors (Lipinski definition) is 0. The van der Waals surface area contributed by atoms with Gasteiger partial charge in [-0.3, -0.25) is 4.90 Å². The first-order valence-corrected chi connectivity index (χ1v) is 10.3. The number of fused-ring (bicyclic) bond motifs is 1. The highest BCUT2D eigenvalue weighted by Gasteiger charge is 2.41. The second-order valence-electron chi connectivity index (χ2n) is 7.93. The van der Waals surface area contributed by atoms with Gasteiger partial charge in [-0.25, -0.2) is 0 Å². The molecule has 2 aromatic carbocycles. The van der Waals surface area contributed by atoms with E-state index in [4.69, 9.17) is 0 Å². The van der Waals surface area contributed by atoms with Gasteiger partial charge >= 0.3 is 0 Å². The van der Waals surface area contributed by atoms with Crippen LogP contribution in [0.25, 0.3) is 11.1 Å². The van der Waals surface area contributed by atoms with Gasteiger partial charge in [0.05, 0.1) is 0 Å². The summed E-state index contributed by atoms with van der Waals surface area (Å²) in [5, 5.41) is 0. The Bertz CT molecular complexity index is 660. The van der Waals surface area contributed by atoms with Crippen molar-refractivity contribution in [3.8, 4) is 11.1 Å². The van der Waals surface area contributed by atoms with E-state index < -0.39 is 0 Å². The van der Waals surface area contributed by atoms with Crippen LogP contribution >= 0.6 is 0 Å². The first kappa shape index (κ1) is 16.8. The Balaban J connectivity index is 1.54. The van der Waals surface area contributed by atoms with Gasteiger partial charge in [0.2, 0.25) is 0 Å². The average molecular weight is 334 g/mol. The normalized spacial score (nSPS) is 26.5. The van der Waals surface area contributed by atoms with Crippen molar-refractivity contribution in [3.63, 3.8) is 0 Å². The highest BCUT2D eigenvalue weighted by molar-refractivity contribution is 5.63. The van der Waals surface area contributed by atoms with Crippen molar-refractivity contribution < 1.29 is 0 Å². The smallest absolute Gasteiger partial charge is 0.0167 e. The van der Waals surface area contributed by atoms with E-state index in [1.807, 2.05) is 0 Å². The minimum absolute atomic E-state index is 0.743. The van der Waals surface area contributed by atoms with Crippen LogP contribution in [0.15, 0.2) is 54.6 Å². The summed E-state index contributed by atoms with van der Waals surface area (Å²) in [4.78, 5) is 2.87. The van der Waals surface area contributed by atoms with Gasteiger partial charge in [-0.05, 0) is 48.9 Å². The Morgan fingerprint density at radius 1 is 0.920 bits per heavy atom. The van der Waals surface area contributed by atoms with Crippen molar-refractivity contribution in [1.82, 2.24) is 4.90 Å². The number of hydrogen-bond acceptors (Lipinski definition) is 1. The van der Waals surface area contributed by atoms with Gasteiger partial charge in [-0.1, -0.05) is 80.8 Å². The highest BCUT2D eigenvalue weighted by Crippen LogP contribution is 2.43. The van der Waals surface area contributed by atoms with Crippen LogP contribution in [0.1, 0.15) is 63.4 Å². The molecule has 0 amide bonds. The summed E-state index contributed by atoms with van der Waals surface area (Å²) in [5.74, 6) is 0.743. The molecule has 1 heteroatoms. The van der Waals surface area contributed by atoms with E-state index in [-0.39, 0.29) is 0 Å². The summed E-state index contributed by atoms with van der Waals surface area (Å²) in [6, 6.07) is 21.8. The maximum atomic E-state index is 2.87. The number of benzene rings is 2. The molecule has 0 aromatic heterocycles. The zero-order chi connectivity index (χ0) is 17.1. The molecule has 2 aliphatic rings. The van der Waals surface area contributed by atoms with Crippen LogP contribution in [0.5, 0.6) is 0 Å². The third-order valence-electron chi connectivity index (χ3n) is 6.39. The Kier molecular flexibility index (Phi) is 5.22. The summed E-state index contributed by atoms with van der Waals surface area (Å²) in [6.07, 6.45) is 9.69. The van der Waals surface area contributed by atoms with Gasteiger partial charge < -0.3 is 0 Å². The molecule has 3 atom stereocenters. The van der Waals surface area contributed by atoms with Crippen LogP contribution in [0.2, 0.25) is 0 Å². The Morgan fingerprint density at radius 3 is 2.44 bits per heavy atom. The number of nitrogens with zero attached hydrogens (tertiary/aromatic N) is 1. The number of unbranched alkanes of at least 4 members (excludes halogenated alkanes) is 1. The van der Waals surface area contributed by atoms with E-state index in [0.717, 1.165) is 18.0 Å². The molecule has 0 radical (unpaired) electrons. The summed E-state index contributed by atoms with van der Waals surface area (Å²) in [5.41, 5.74) is 4.22. The standard InChI is InChI=1S/C24H31N/c1-2-3-11-22-18-23(24-12-7-8-17-25(22)24)21-15-13-20(14-16-21)19-9-5-4-6-10-19/h4-6,9-10,13-16,22-24H,2-3,7-8,11-12,17-18H2,1H3/t22-,23-,24+/m0/s1. The molecule has 0 N–H and O–H groups in total. The van der Waals surface area contributed by atoms with Crippen molar-refractivity contribution >= 4 is 0 Å². The molecular weight excluding hydrogens is 302 g/mol. The second kappa shape index (κ2) is 7.74. The lowest BCUT2D eigenvalue weighted by molar-refractivity contribution is 0.138. The van der Waals surface area contributed by atoms with Crippen molar-refractivity contribution in [2.45, 2.75) is 69.9 Å². The van der Waals surface area contributed by atoms with Gasteiger partial charge in [0.1, 0.15) is 0 Å². The first-order chi connectivity index (χ1) is 12.4. The lowest BCUT2D eigenvalue weighted by atomic mass is 9.86. The van der Waals surface area contributed by atoms with Gasteiger partial charge in [0, 0.05) is 18.0 Å². The van der Waals surface area contributed by atoms with E-state index in [0.29, 0.717) is 0 Å². The molecule has 2 aromatic rings. The topological polar surface area (TPSA) is 3.24 Å². The quantitative estimate of drug-likeness (QED) is 0.624. The maximum Gasteiger partial charge on any atom is 0.0167 e. The van der Waals surface area contributed by atoms with E-state index in [1.165, 1.54) is 62.6 Å². The minimum Gasteiger partial charge on any atom is -0.297 e. The molecule has 2 heterocycles. The molecule has 4 rings (SSSR count). The Hall–Kier alpha value is -1.60. The summed E-state index contributed by atoms with van der Waals surface area (Å²) in [6.45, 7) is 3.65. The molecule has 0 aliphatic carbocycles. The van der Waals surface area contributed by atoms with E-state index in [1.54, 1.807) is 5.56 Å². The molecule has 1 nitrogen and oxygen atoms in total. The van der Waals surface area contributed by atoms with Gasteiger partial charge in [0.15, 0.2) is 0 Å². The average Bonchev–Trinajstić information content (AvgIpc) is 3.06. The van der Waals surface area contributed by atoms with Crippen molar-refractivity contribution in [3.05, 3.63) is 60.2 Å². The molecule has 2 aliphatic heterocycles. The van der Waals surface area contributed by atoms with Crippen molar-refractivity contribution in [1.29, 1.82) is 0 Å². The molecule has 0 bridgehead atoms. The zero-order valence-corrected chi connectivity index (χ0v) is 15.5. The summed E-state index contributed by atoms with van der Waals surface area (Å²) < 4.78 is 0. The minimum atomic E-state index is 0.743. The largest absolute Gasteiger partial charge is 0.297 e. The van der Waals surface area contributed by atoms with Crippen molar-refractivity contribution in [2.24, 2.45) is 0 Å². The second-order valence-corrected chi connectivity index (χ2v) is 7.93. The number of piperidine rings is 1. The van der Waals surface area contributed by atoms with Crippen LogP contribution in [0.3, 0.4) is 0 Å². The fourth-order valence-electron chi connectivity index (χ4n) is 5.09. The predicted molar refractivity (Wildman–Crippen MR) is 107 cm³/mol. The van der Waals surface area contributed by atoms with E-state index >= 15 is 0 Å². The van der Waals surface area contributed by atoms with Crippen LogP contribution < -0.4 is 0 Å². The molecule has 2 fully saturated rings. The van der Waals surface area contributed by atoms with Gasteiger partial charge in [-0.2, -0.15) is 0 Å². The predicted octanol–water partition coefficient (Wildman–Crippen LogP) is 6.25. The monoisotopic (exact) mass is 333 g/mol. The molecule has 0 spiro atoms. The van der Waals surface area contributed by atoms with E-state index in [2.05, 4.69) is 66.4 Å². The Morgan fingerprint density at radius 2 is 1.68 bits per heavy atom. The van der Waals surface area contributed by atoms with Gasteiger partial charge in [0.25, 0.3) is 0 Å². The molecule has 0 saturated carbocycles. The maximum absolute atomic E-state index is 2.87. The number of rotatable bonds is 5.